The maximum absolute atomic E-state index is 12.1. The zero-order chi connectivity index (χ0) is 20.3. The summed E-state index contributed by atoms with van der Waals surface area (Å²) in [5.74, 6) is -0.0558. The second kappa shape index (κ2) is 9.24. The second-order valence-electron chi connectivity index (χ2n) is 7.97. The predicted octanol–water partition coefficient (Wildman–Crippen LogP) is 3.69. The standard InChI is InChI=1S/C19H33N3O5/c1-8-14-16(12(5)15(21-22-20)13(6)25-14)26-19-11(4)9(2)10(3)17(27-19)18(23)24-7/h9-17,19H,8H2,1-7H3/t9-,10-,11?,12+,13-,14?,15?,16-,17?,19+/m0/s1. The largest absolute Gasteiger partial charge is 0.467 e. The quantitative estimate of drug-likeness (QED) is 0.312. The van der Waals surface area contributed by atoms with E-state index in [1.54, 1.807) is 0 Å². The molecule has 0 N–H and O–H groups in total. The summed E-state index contributed by atoms with van der Waals surface area (Å²) in [6, 6.07) is -0.311. The van der Waals surface area contributed by atoms with Crippen LogP contribution >= 0.6 is 0 Å². The molecule has 0 aliphatic carbocycles. The fourth-order valence-corrected chi connectivity index (χ4v) is 4.28. The van der Waals surface area contributed by atoms with Crippen LogP contribution in [0.5, 0.6) is 0 Å². The van der Waals surface area contributed by atoms with Crippen molar-refractivity contribution < 1.29 is 23.7 Å². The van der Waals surface area contributed by atoms with Crippen LogP contribution in [-0.4, -0.2) is 49.8 Å². The third-order valence-electron chi connectivity index (χ3n) is 6.45. The summed E-state index contributed by atoms with van der Waals surface area (Å²) in [5.41, 5.74) is 8.90. The summed E-state index contributed by atoms with van der Waals surface area (Å²) in [4.78, 5) is 15.1. The van der Waals surface area contributed by atoms with Gasteiger partial charge in [0, 0.05) is 10.8 Å². The van der Waals surface area contributed by atoms with E-state index in [9.17, 15) is 4.79 Å². The first-order chi connectivity index (χ1) is 12.8. The Balaban J connectivity index is 2.22. The van der Waals surface area contributed by atoms with Gasteiger partial charge < -0.3 is 18.9 Å². The number of esters is 1. The molecule has 0 bridgehead atoms. The summed E-state index contributed by atoms with van der Waals surface area (Å²) >= 11 is 0. The monoisotopic (exact) mass is 383 g/mol. The predicted molar refractivity (Wildman–Crippen MR) is 99.8 cm³/mol. The highest BCUT2D eigenvalue weighted by Crippen LogP contribution is 2.39. The van der Waals surface area contributed by atoms with Gasteiger partial charge in [-0.1, -0.05) is 39.7 Å². The van der Waals surface area contributed by atoms with Gasteiger partial charge in [0.25, 0.3) is 0 Å². The first kappa shape index (κ1) is 22.0. The number of methoxy groups -OCH3 is 1. The van der Waals surface area contributed by atoms with Crippen LogP contribution in [0.3, 0.4) is 0 Å². The Morgan fingerprint density at radius 3 is 2.30 bits per heavy atom. The summed E-state index contributed by atoms with van der Waals surface area (Å²) in [5, 5.41) is 3.92. The van der Waals surface area contributed by atoms with Gasteiger partial charge in [0.15, 0.2) is 12.4 Å². The van der Waals surface area contributed by atoms with Crippen molar-refractivity contribution in [2.75, 3.05) is 7.11 Å². The highest BCUT2D eigenvalue weighted by molar-refractivity contribution is 5.75. The van der Waals surface area contributed by atoms with Crippen LogP contribution in [0.4, 0.5) is 0 Å². The zero-order valence-corrected chi connectivity index (χ0v) is 17.4. The van der Waals surface area contributed by atoms with Gasteiger partial charge in [0.05, 0.1) is 31.5 Å². The minimum Gasteiger partial charge on any atom is -0.467 e. The molecule has 2 saturated heterocycles. The molecule has 8 nitrogen and oxygen atoms in total. The van der Waals surface area contributed by atoms with E-state index in [-0.39, 0.29) is 54.0 Å². The molecule has 0 aromatic carbocycles. The molecule has 2 aliphatic heterocycles. The topological polar surface area (TPSA) is 103 Å². The molecule has 0 saturated carbocycles. The van der Waals surface area contributed by atoms with Gasteiger partial charge in [-0.2, -0.15) is 0 Å². The van der Waals surface area contributed by atoms with Crippen molar-refractivity contribution in [2.45, 2.75) is 84.7 Å². The first-order valence-electron chi connectivity index (χ1n) is 9.85. The average Bonchev–Trinajstić information content (AvgIpc) is 2.66. The fraction of sp³-hybridized carbons (Fsp3) is 0.947. The van der Waals surface area contributed by atoms with Gasteiger partial charge in [-0.15, -0.1) is 0 Å². The van der Waals surface area contributed by atoms with E-state index in [0.29, 0.717) is 0 Å². The molecule has 154 valence electrons. The molecular formula is C19H33N3O5. The molecule has 27 heavy (non-hydrogen) atoms. The molecule has 2 fully saturated rings. The first-order valence-corrected chi connectivity index (χ1v) is 9.85. The number of hydrogen-bond acceptors (Lipinski definition) is 6. The van der Waals surface area contributed by atoms with Crippen LogP contribution in [-0.2, 0) is 23.7 Å². The van der Waals surface area contributed by atoms with E-state index < -0.39 is 12.4 Å². The van der Waals surface area contributed by atoms with Gasteiger partial charge in [0.2, 0.25) is 0 Å². The maximum Gasteiger partial charge on any atom is 0.335 e. The number of azide groups is 1. The van der Waals surface area contributed by atoms with Crippen LogP contribution in [0.2, 0.25) is 0 Å². The summed E-state index contributed by atoms with van der Waals surface area (Å²) in [6.45, 7) is 12.2. The number of ether oxygens (including phenoxy) is 4. The van der Waals surface area contributed by atoms with Crippen molar-refractivity contribution in [3.8, 4) is 0 Å². The highest BCUT2D eigenvalue weighted by Gasteiger charge is 2.48. The van der Waals surface area contributed by atoms with E-state index in [4.69, 9.17) is 24.5 Å². The lowest BCUT2D eigenvalue weighted by Gasteiger charge is -2.48. The highest BCUT2D eigenvalue weighted by atomic mass is 16.7. The van der Waals surface area contributed by atoms with Crippen LogP contribution in [0, 0.1) is 23.7 Å². The Morgan fingerprint density at radius 1 is 1.07 bits per heavy atom. The number of hydrogen-bond donors (Lipinski definition) is 0. The molecule has 0 spiro atoms. The van der Waals surface area contributed by atoms with E-state index in [0.717, 1.165) is 6.42 Å². The minimum atomic E-state index is -0.655. The van der Waals surface area contributed by atoms with Crippen molar-refractivity contribution >= 4 is 5.97 Å². The summed E-state index contributed by atoms with van der Waals surface area (Å²) in [7, 11) is 1.37. The van der Waals surface area contributed by atoms with E-state index >= 15 is 0 Å². The summed E-state index contributed by atoms with van der Waals surface area (Å²) in [6.07, 6.45) is -1.01. The average molecular weight is 383 g/mol. The lowest BCUT2D eigenvalue weighted by molar-refractivity contribution is -0.293. The molecule has 0 aromatic rings. The minimum absolute atomic E-state index is 0.0309. The Kier molecular flexibility index (Phi) is 7.51. The molecule has 0 radical (unpaired) electrons. The Bertz CT molecular complexity index is 568. The Labute approximate surface area is 161 Å². The Morgan fingerprint density at radius 2 is 1.74 bits per heavy atom. The zero-order valence-electron chi connectivity index (χ0n) is 17.4. The van der Waals surface area contributed by atoms with Crippen LogP contribution in [0.25, 0.3) is 10.4 Å². The van der Waals surface area contributed by atoms with Crippen molar-refractivity contribution in [1.29, 1.82) is 0 Å². The third-order valence-corrected chi connectivity index (χ3v) is 6.45. The number of carbonyl (C=O) groups excluding carboxylic acids is 1. The number of carbonyl (C=O) groups is 1. The molecular weight excluding hydrogens is 350 g/mol. The molecule has 2 heterocycles. The Hall–Kier alpha value is -1.34. The van der Waals surface area contributed by atoms with Crippen molar-refractivity contribution in [3.05, 3.63) is 10.4 Å². The number of nitrogens with zero attached hydrogens (tertiary/aromatic N) is 3. The normalized spacial score (nSPS) is 45.0. The molecule has 4 unspecified atom stereocenters. The van der Waals surface area contributed by atoms with E-state index in [1.807, 2.05) is 27.7 Å². The second-order valence-corrected chi connectivity index (χ2v) is 7.97. The maximum atomic E-state index is 12.1. The third kappa shape index (κ3) is 4.40. The van der Waals surface area contributed by atoms with Crippen molar-refractivity contribution in [2.24, 2.45) is 28.8 Å². The SMILES string of the molecule is CCC1O[C@@H](C)C(N=[N+]=[N-])[C@@H](C)[C@@H]1O[C@@H]1OC(C(=O)OC)[C@@H](C)[C@H](C)C1C. The molecule has 2 rings (SSSR count). The van der Waals surface area contributed by atoms with Gasteiger partial charge in [-0.25, -0.2) is 4.79 Å². The van der Waals surface area contributed by atoms with Crippen LogP contribution < -0.4 is 0 Å². The molecule has 10 atom stereocenters. The van der Waals surface area contributed by atoms with Gasteiger partial charge in [-0.05, 0) is 36.6 Å². The van der Waals surface area contributed by atoms with E-state index in [1.165, 1.54) is 7.11 Å². The van der Waals surface area contributed by atoms with E-state index in [2.05, 4.69) is 23.9 Å². The smallest absolute Gasteiger partial charge is 0.335 e. The van der Waals surface area contributed by atoms with Crippen molar-refractivity contribution in [3.63, 3.8) is 0 Å². The fourth-order valence-electron chi connectivity index (χ4n) is 4.28. The van der Waals surface area contributed by atoms with Crippen LogP contribution in [0.15, 0.2) is 5.11 Å². The molecule has 2 aliphatic rings. The van der Waals surface area contributed by atoms with Crippen LogP contribution in [0.1, 0.15) is 48.0 Å². The van der Waals surface area contributed by atoms with Gasteiger partial charge in [-0.3, -0.25) is 0 Å². The number of rotatable bonds is 5. The van der Waals surface area contributed by atoms with Gasteiger partial charge >= 0.3 is 5.97 Å². The molecule has 0 amide bonds. The van der Waals surface area contributed by atoms with Crippen molar-refractivity contribution in [1.82, 2.24) is 0 Å². The lowest BCUT2D eigenvalue weighted by Crippen LogP contribution is -2.56. The molecule has 8 heteroatoms. The summed E-state index contributed by atoms with van der Waals surface area (Å²) < 4.78 is 23.4. The van der Waals surface area contributed by atoms with Gasteiger partial charge in [0.1, 0.15) is 0 Å². The lowest BCUT2D eigenvalue weighted by atomic mass is 9.78. The molecule has 0 aromatic heterocycles.